The van der Waals surface area contributed by atoms with E-state index in [0.717, 1.165) is 38.0 Å². The fourth-order valence-electron chi connectivity index (χ4n) is 2.33. The molecule has 0 aliphatic heterocycles. The van der Waals surface area contributed by atoms with Gasteiger partial charge in [0.1, 0.15) is 0 Å². The van der Waals surface area contributed by atoms with Gasteiger partial charge in [0.2, 0.25) is 0 Å². The van der Waals surface area contributed by atoms with Gasteiger partial charge in [-0.05, 0) is 51.9 Å². The van der Waals surface area contributed by atoms with Crippen LogP contribution in [-0.4, -0.2) is 37.1 Å². The lowest BCUT2D eigenvalue weighted by Gasteiger charge is -2.26. The van der Waals surface area contributed by atoms with E-state index in [9.17, 15) is 9.59 Å². The first-order valence-corrected chi connectivity index (χ1v) is 7.69. The van der Waals surface area contributed by atoms with Gasteiger partial charge in [-0.3, -0.25) is 9.59 Å². The Morgan fingerprint density at radius 3 is 2.40 bits per heavy atom. The maximum absolute atomic E-state index is 11.7. The molecule has 1 fully saturated rings. The molecular weight excluding hydrogens is 256 g/mol. The summed E-state index contributed by atoms with van der Waals surface area (Å²) in [5.74, 6) is -0.305. The van der Waals surface area contributed by atoms with Crippen molar-refractivity contribution in [2.45, 2.75) is 65.0 Å². The zero-order chi connectivity index (χ0) is 15.0. The minimum Gasteiger partial charge on any atom is -0.379 e. The Kier molecular flexibility index (Phi) is 7.59. The van der Waals surface area contributed by atoms with Gasteiger partial charge in [-0.15, -0.1) is 0 Å². The first kappa shape index (κ1) is 17.0. The van der Waals surface area contributed by atoms with Crippen LogP contribution in [0.2, 0.25) is 0 Å². The van der Waals surface area contributed by atoms with E-state index in [-0.39, 0.29) is 12.1 Å². The standard InChI is InChI=1S/C15H28N2O3/c1-11(2)20-10-4-9-16-14(18)15(19)17-13-7-5-12(3)6-8-13/h11-13H,4-10H2,1-3H3,(H,16,18)(H,17,19). The Hall–Kier alpha value is -1.10. The highest BCUT2D eigenvalue weighted by Gasteiger charge is 2.22. The zero-order valence-corrected chi connectivity index (χ0v) is 12.9. The predicted molar refractivity (Wildman–Crippen MR) is 78.3 cm³/mol. The minimum atomic E-state index is -0.534. The predicted octanol–water partition coefficient (Wildman–Crippen LogP) is 1.61. The molecule has 0 spiro atoms. The molecule has 1 aliphatic rings. The maximum Gasteiger partial charge on any atom is 0.309 e. The van der Waals surface area contributed by atoms with E-state index in [2.05, 4.69) is 17.6 Å². The van der Waals surface area contributed by atoms with Gasteiger partial charge in [0, 0.05) is 19.2 Å². The van der Waals surface area contributed by atoms with Crippen LogP contribution < -0.4 is 10.6 Å². The van der Waals surface area contributed by atoms with Crippen molar-refractivity contribution in [3.63, 3.8) is 0 Å². The van der Waals surface area contributed by atoms with Crippen LogP contribution in [0.4, 0.5) is 0 Å². The first-order valence-electron chi connectivity index (χ1n) is 7.69. The molecule has 2 amide bonds. The third-order valence-corrected chi connectivity index (χ3v) is 3.62. The van der Waals surface area contributed by atoms with Gasteiger partial charge in [0.25, 0.3) is 0 Å². The summed E-state index contributed by atoms with van der Waals surface area (Å²) in [5.41, 5.74) is 0. The van der Waals surface area contributed by atoms with Gasteiger partial charge in [0.15, 0.2) is 0 Å². The minimum absolute atomic E-state index is 0.161. The van der Waals surface area contributed by atoms with Gasteiger partial charge in [0.05, 0.1) is 6.10 Å². The molecule has 0 saturated heterocycles. The second-order valence-corrected chi connectivity index (χ2v) is 5.96. The van der Waals surface area contributed by atoms with Crippen molar-refractivity contribution in [2.75, 3.05) is 13.2 Å². The van der Waals surface area contributed by atoms with E-state index in [1.165, 1.54) is 0 Å². The van der Waals surface area contributed by atoms with Gasteiger partial charge in [-0.2, -0.15) is 0 Å². The number of amides is 2. The summed E-state index contributed by atoms with van der Waals surface area (Å²) in [4.78, 5) is 23.3. The van der Waals surface area contributed by atoms with Gasteiger partial charge >= 0.3 is 11.8 Å². The fourth-order valence-corrected chi connectivity index (χ4v) is 2.33. The van der Waals surface area contributed by atoms with Crippen molar-refractivity contribution < 1.29 is 14.3 Å². The number of carbonyl (C=O) groups is 2. The lowest BCUT2D eigenvalue weighted by molar-refractivity contribution is -0.139. The van der Waals surface area contributed by atoms with Crippen LogP contribution in [0.1, 0.15) is 52.9 Å². The highest BCUT2D eigenvalue weighted by molar-refractivity contribution is 6.35. The average Bonchev–Trinajstić information content (AvgIpc) is 2.40. The Labute approximate surface area is 121 Å². The number of rotatable bonds is 6. The second-order valence-electron chi connectivity index (χ2n) is 5.96. The van der Waals surface area contributed by atoms with Crippen LogP contribution in [0.15, 0.2) is 0 Å². The highest BCUT2D eigenvalue weighted by atomic mass is 16.5. The Morgan fingerprint density at radius 1 is 1.15 bits per heavy atom. The molecule has 0 aromatic carbocycles. The van der Waals surface area contributed by atoms with Crippen LogP contribution in [0.3, 0.4) is 0 Å². The quantitative estimate of drug-likeness (QED) is 0.575. The molecule has 1 rings (SSSR count). The van der Waals surface area contributed by atoms with E-state index in [1.54, 1.807) is 0 Å². The molecule has 0 aromatic rings. The number of nitrogens with one attached hydrogen (secondary N) is 2. The van der Waals surface area contributed by atoms with Gasteiger partial charge in [-0.25, -0.2) is 0 Å². The zero-order valence-electron chi connectivity index (χ0n) is 12.9. The molecule has 20 heavy (non-hydrogen) atoms. The summed E-state index contributed by atoms with van der Waals surface area (Å²) in [6, 6.07) is 0.161. The molecule has 5 heteroatoms. The lowest BCUT2D eigenvalue weighted by Crippen LogP contribution is -2.45. The molecule has 1 aliphatic carbocycles. The van der Waals surface area contributed by atoms with Crippen LogP contribution in [0, 0.1) is 5.92 Å². The van der Waals surface area contributed by atoms with E-state index in [4.69, 9.17) is 4.74 Å². The molecule has 1 saturated carbocycles. The van der Waals surface area contributed by atoms with Crippen molar-refractivity contribution in [1.82, 2.24) is 10.6 Å². The molecule has 0 aromatic heterocycles. The molecule has 0 unspecified atom stereocenters. The second kappa shape index (κ2) is 8.95. The Morgan fingerprint density at radius 2 is 1.80 bits per heavy atom. The summed E-state index contributed by atoms with van der Waals surface area (Å²) in [5, 5.41) is 5.44. The number of carbonyl (C=O) groups excluding carboxylic acids is 2. The van der Waals surface area contributed by atoms with Crippen LogP contribution in [-0.2, 0) is 14.3 Å². The highest BCUT2D eigenvalue weighted by Crippen LogP contribution is 2.23. The van der Waals surface area contributed by atoms with Crippen LogP contribution in [0.5, 0.6) is 0 Å². The maximum atomic E-state index is 11.7. The van der Waals surface area contributed by atoms with Crippen molar-refractivity contribution in [2.24, 2.45) is 5.92 Å². The molecule has 5 nitrogen and oxygen atoms in total. The summed E-state index contributed by atoms with van der Waals surface area (Å²) in [7, 11) is 0. The molecule has 0 heterocycles. The van der Waals surface area contributed by atoms with Gasteiger partial charge in [-0.1, -0.05) is 6.92 Å². The third kappa shape index (κ3) is 6.89. The van der Waals surface area contributed by atoms with E-state index in [0.29, 0.717) is 13.2 Å². The van der Waals surface area contributed by atoms with E-state index >= 15 is 0 Å². The molecule has 0 atom stereocenters. The van der Waals surface area contributed by atoms with Gasteiger partial charge < -0.3 is 15.4 Å². The summed E-state index contributed by atoms with van der Waals surface area (Å²) in [6.07, 6.45) is 5.11. The van der Waals surface area contributed by atoms with E-state index in [1.807, 2.05) is 13.8 Å². The molecule has 116 valence electrons. The van der Waals surface area contributed by atoms with Crippen molar-refractivity contribution in [3.8, 4) is 0 Å². The van der Waals surface area contributed by atoms with Crippen LogP contribution in [0.25, 0.3) is 0 Å². The monoisotopic (exact) mass is 284 g/mol. The summed E-state index contributed by atoms with van der Waals surface area (Å²) in [6.45, 7) is 7.23. The number of hydrogen-bond donors (Lipinski definition) is 2. The largest absolute Gasteiger partial charge is 0.379 e. The van der Waals surface area contributed by atoms with Crippen LogP contribution >= 0.6 is 0 Å². The van der Waals surface area contributed by atoms with E-state index < -0.39 is 11.8 Å². The molecule has 0 radical (unpaired) electrons. The average molecular weight is 284 g/mol. The molecular formula is C15H28N2O3. The number of hydrogen-bond acceptors (Lipinski definition) is 3. The van der Waals surface area contributed by atoms with Crippen molar-refractivity contribution in [3.05, 3.63) is 0 Å². The normalized spacial score (nSPS) is 22.6. The molecule has 2 N–H and O–H groups in total. The lowest BCUT2D eigenvalue weighted by atomic mass is 9.87. The van der Waals surface area contributed by atoms with Crippen molar-refractivity contribution in [1.29, 1.82) is 0 Å². The smallest absolute Gasteiger partial charge is 0.309 e. The van der Waals surface area contributed by atoms with Crippen molar-refractivity contribution >= 4 is 11.8 Å². The SMILES string of the molecule is CC1CCC(NC(=O)C(=O)NCCCOC(C)C)CC1. The summed E-state index contributed by atoms with van der Waals surface area (Å²) >= 11 is 0. The summed E-state index contributed by atoms with van der Waals surface area (Å²) < 4.78 is 5.36. The first-order chi connectivity index (χ1) is 9.49. The Bertz CT molecular complexity index is 310. The molecule has 0 bridgehead atoms. The number of ether oxygens (including phenoxy) is 1. The topological polar surface area (TPSA) is 67.4 Å². The third-order valence-electron chi connectivity index (χ3n) is 3.62. The Balaban J connectivity index is 2.11. The fraction of sp³-hybridized carbons (Fsp3) is 0.867.